The van der Waals surface area contributed by atoms with Crippen LogP contribution in [0.25, 0.3) is 0 Å². The van der Waals surface area contributed by atoms with Crippen LogP contribution in [0.4, 0.5) is 5.69 Å². The molecule has 3 N–H and O–H groups in total. The van der Waals surface area contributed by atoms with Crippen molar-refractivity contribution in [3.8, 4) is 0 Å². The summed E-state index contributed by atoms with van der Waals surface area (Å²) in [6.07, 6.45) is -1.10. The van der Waals surface area contributed by atoms with E-state index in [0.29, 0.717) is 23.4 Å². The zero-order chi connectivity index (χ0) is 22.3. The van der Waals surface area contributed by atoms with E-state index in [1.165, 1.54) is 0 Å². The fraction of sp³-hybridized carbons (Fsp3) is 0.211. The third-order valence-electron chi connectivity index (χ3n) is 3.62. The Kier molecular flexibility index (Phi) is 9.42. The Morgan fingerprint density at radius 3 is 2.33 bits per heavy atom. The topological polar surface area (TPSA) is 79.5 Å². The standard InChI is InChI=1S/C19H17Cl3IN3O3S/c1-2-29-16(28)11-6-8-14(9-7-11)24-18(30)26-17(19(20,21)22)25-15(27)12-4-3-5-13(23)10-12/h3-10,17H,2H2,1H3,(H,25,27)(H2,24,26,30)/t17-/m1/s1. The Hall–Kier alpha value is -1.33. The van der Waals surface area contributed by atoms with Crippen molar-refractivity contribution in [3.05, 3.63) is 63.2 Å². The molecule has 0 radical (unpaired) electrons. The second kappa shape index (κ2) is 11.3. The van der Waals surface area contributed by atoms with Crippen LogP contribution >= 0.6 is 69.6 Å². The molecule has 1 atom stereocenters. The number of alkyl halides is 3. The number of rotatable bonds is 6. The zero-order valence-electron chi connectivity index (χ0n) is 15.5. The number of ether oxygens (including phenoxy) is 1. The van der Waals surface area contributed by atoms with Gasteiger partial charge in [0, 0.05) is 14.8 Å². The maximum Gasteiger partial charge on any atom is 0.338 e. The lowest BCUT2D eigenvalue weighted by atomic mass is 10.2. The highest BCUT2D eigenvalue weighted by molar-refractivity contribution is 14.1. The van der Waals surface area contributed by atoms with Gasteiger partial charge in [0.25, 0.3) is 5.91 Å². The van der Waals surface area contributed by atoms with E-state index in [9.17, 15) is 9.59 Å². The van der Waals surface area contributed by atoms with Crippen LogP contribution in [0.3, 0.4) is 0 Å². The third kappa shape index (κ3) is 7.73. The van der Waals surface area contributed by atoms with Crippen LogP contribution in [0.15, 0.2) is 48.5 Å². The SMILES string of the molecule is CCOC(=O)c1ccc(NC(=S)N[C@@H](NC(=O)c2cccc(I)c2)C(Cl)(Cl)Cl)cc1. The Labute approximate surface area is 208 Å². The minimum atomic E-state index is -1.88. The van der Waals surface area contributed by atoms with Crippen molar-refractivity contribution >= 4 is 92.3 Å². The maximum absolute atomic E-state index is 12.5. The van der Waals surface area contributed by atoms with E-state index < -0.39 is 21.8 Å². The molecule has 0 aliphatic heterocycles. The number of benzene rings is 2. The normalized spacial score (nSPS) is 11.9. The van der Waals surface area contributed by atoms with Crippen molar-refractivity contribution in [2.45, 2.75) is 16.9 Å². The minimum absolute atomic E-state index is 0.109. The Morgan fingerprint density at radius 1 is 1.10 bits per heavy atom. The fourth-order valence-corrected chi connectivity index (χ4v) is 3.35. The number of thiocarbonyl (C=S) groups is 1. The highest BCUT2D eigenvalue weighted by atomic mass is 127. The van der Waals surface area contributed by atoms with Gasteiger partial charge in [0.15, 0.2) is 5.11 Å². The minimum Gasteiger partial charge on any atom is -0.462 e. The number of halogens is 4. The van der Waals surface area contributed by atoms with Crippen molar-refractivity contribution in [3.63, 3.8) is 0 Å². The van der Waals surface area contributed by atoms with E-state index in [2.05, 4.69) is 38.5 Å². The van der Waals surface area contributed by atoms with Gasteiger partial charge in [0.2, 0.25) is 3.79 Å². The van der Waals surface area contributed by atoms with Gasteiger partial charge in [-0.25, -0.2) is 4.79 Å². The molecule has 160 valence electrons. The summed E-state index contributed by atoms with van der Waals surface area (Å²) < 4.78 is 3.95. The number of hydrogen-bond donors (Lipinski definition) is 3. The number of esters is 1. The summed E-state index contributed by atoms with van der Waals surface area (Å²) in [6, 6.07) is 13.4. The predicted molar refractivity (Wildman–Crippen MR) is 132 cm³/mol. The second-order valence-corrected chi connectivity index (χ2v) is 9.88. The first-order valence-corrected chi connectivity index (χ1v) is 11.2. The molecule has 2 aromatic carbocycles. The van der Waals surface area contributed by atoms with Crippen LogP contribution in [0, 0.1) is 3.57 Å². The van der Waals surface area contributed by atoms with Crippen LogP contribution in [0.1, 0.15) is 27.6 Å². The highest BCUT2D eigenvalue weighted by Gasteiger charge is 2.35. The molecule has 0 fully saturated rings. The van der Waals surface area contributed by atoms with E-state index >= 15 is 0 Å². The lowest BCUT2D eigenvalue weighted by Gasteiger charge is -2.27. The molecule has 2 aromatic rings. The highest BCUT2D eigenvalue weighted by Crippen LogP contribution is 2.29. The summed E-state index contributed by atoms with van der Waals surface area (Å²) in [7, 11) is 0. The molecule has 0 unspecified atom stereocenters. The van der Waals surface area contributed by atoms with Crippen molar-refractivity contribution in [2.24, 2.45) is 0 Å². The molecule has 0 aromatic heterocycles. The average molecular weight is 601 g/mol. The first kappa shape index (κ1) is 24.9. The summed E-state index contributed by atoms with van der Waals surface area (Å²) in [4.78, 5) is 24.2. The molecule has 0 saturated carbocycles. The van der Waals surface area contributed by atoms with Gasteiger partial charge in [-0.05, 0) is 84.2 Å². The van der Waals surface area contributed by atoms with Crippen LogP contribution in [0.5, 0.6) is 0 Å². The van der Waals surface area contributed by atoms with Crippen molar-refractivity contribution in [1.82, 2.24) is 10.6 Å². The van der Waals surface area contributed by atoms with Crippen LogP contribution < -0.4 is 16.0 Å². The lowest BCUT2D eigenvalue weighted by Crippen LogP contribution is -2.56. The Bertz CT molecular complexity index is 923. The summed E-state index contributed by atoms with van der Waals surface area (Å²) in [5.41, 5.74) is 1.41. The molecule has 0 heterocycles. The Balaban J connectivity index is 2.03. The first-order chi connectivity index (χ1) is 14.1. The molecule has 2 rings (SSSR count). The molecular formula is C19H17Cl3IN3O3S. The Morgan fingerprint density at radius 2 is 1.77 bits per heavy atom. The van der Waals surface area contributed by atoms with E-state index in [1.54, 1.807) is 49.4 Å². The van der Waals surface area contributed by atoms with E-state index in [4.69, 9.17) is 51.8 Å². The van der Waals surface area contributed by atoms with Gasteiger partial charge in [0.1, 0.15) is 6.17 Å². The number of amides is 1. The van der Waals surface area contributed by atoms with Gasteiger partial charge in [-0.3, -0.25) is 4.79 Å². The second-order valence-electron chi connectivity index (χ2n) is 5.85. The molecule has 1 amide bonds. The van der Waals surface area contributed by atoms with Crippen molar-refractivity contribution < 1.29 is 14.3 Å². The van der Waals surface area contributed by atoms with Crippen molar-refractivity contribution in [1.29, 1.82) is 0 Å². The van der Waals surface area contributed by atoms with Crippen LogP contribution in [-0.4, -0.2) is 33.6 Å². The third-order valence-corrected chi connectivity index (χ3v) is 5.16. The number of anilines is 1. The monoisotopic (exact) mass is 599 g/mol. The van der Waals surface area contributed by atoms with E-state index in [1.807, 2.05) is 6.07 Å². The van der Waals surface area contributed by atoms with E-state index in [0.717, 1.165) is 3.57 Å². The quantitative estimate of drug-likeness (QED) is 0.144. The van der Waals surface area contributed by atoms with Gasteiger partial charge in [-0.2, -0.15) is 0 Å². The molecule has 0 spiro atoms. The summed E-state index contributed by atoms with van der Waals surface area (Å²) in [6.45, 7) is 2.02. The molecule has 11 heteroatoms. The van der Waals surface area contributed by atoms with Crippen molar-refractivity contribution in [2.75, 3.05) is 11.9 Å². The molecule has 0 saturated heterocycles. The fourth-order valence-electron chi connectivity index (χ4n) is 2.25. The van der Waals surface area contributed by atoms with Crippen LogP contribution in [-0.2, 0) is 4.74 Å². The van der Waals surface area contributed by atoms with E-state index in [-0.39, 0.29) is 5.11 Å². The van der Waals surface area contributed by atoms with Gasteiger partial charge in [0.05, 0.1) is 12.2 Å². The van der Waals surface area contributed by atoms with Gasteiger partial charge in [-0.1, -0.05) is 40.9 Å². The summed E-state index contributed by atoms with van der Waals surface area (Å²) in [5, 5.41) is 8.41. The number of nitrogens with one attached hydrogen (secondary N) is 3. The first-order valence-electron chi connectivity index (χ1n) is 8.58. The largest absolute Gasteiger partial charge is 0.462 e. The van der Waals surface area contributed by atoms with Gasteiger partial charge < -0.3 is 20.7 Å². The molecule has 0 bridgehead atoms. The zero-order valence-corrected chi connectivity index (χ0v) is 20.8. The van der Waals surface area contributed by atoms with Crippen LogP contribution in [0.2, 0.25) is 0 Å². The summed E-state index contributed by atoms with van der Waals surface area (Å²) in [5.74, 6) is -0.849. The number of carbonyl (C=O) groups excluding carboxylic acids is 2. The molecular weight excluding hydrogens is 584 g/mol. The molecule has 0 aliphatic rings. The molecule has 0 aliphatic carbocycles. The molecule has 6 nitrogen and oxygen atoms in total. The van der Waals surface area contributed by atoms with Gasteiger partial charge >= 0.3 is 5.97 Å². The summed E-state index contributed by atoms with van der Waals surface area (Å²) >= 11 is 25.4. The molecule has 30 heavy (non-hydrogen) atoms. The maximum atomic E-state index is 12.5. The predicted octanol–water partition coefficient (Wildman–Crippen LogP) is 4.88. The number of hydrogen-bond acceptors (Lipinski definition) is 4. The lowest BCUT2D eigenvalue weighted by molar-refractivity contribution is 0.0526. The number of carbonyl (C=O) groups is 2. The smallest absolute Gasteiger partial charge is 0.338 e. The average Bonchev–Trinajstić information content (AvgIpc) is 2.67. The van der Waals surface area contributed by atoms with Gasteiger partial charge in [-0.15, -0.1) is 0 Å².